The lowest BCUT2D eigenvalue weighted by Gasteiger charge is -2.09. The Kier molecular flexibility index (Phi) is 4.95. The highest BCUT2D eigenvalue weighted by molar-refractivity contribution is 6.12. The Balaban J connectivity index is 1.70. The van der Waals surface area contributed by atoms with Gasteiger partial charge in [0.2, 0.25) is 0 Å². The summed E-state index contributed by atoms with van der Waals surface area (Å²) in [6.45, 7) is 0.948. The minimum Gasteiger partial charge on any atom is -0.323 e. The zero-order valence-corrected chi connectivity index (χ0v) is 16.3. The number of aryl methyl sites for hydroxylation is 1. The zero-order chi connectivity index (χ0) is 20.4. The summed E-state index contributed by atoms with van der Waals surface area (Å²) in [4.78, 5) is 33.7. The zero-order valence-electron chi connectivity index (χ0n) is 16.3. The van der Waals surface area contributed by atoms with Gasteiger partial charge in [0.1, 0.15) is 0 Å². The van der Waals surface area contributed by atoms with E-state index in [2.05, 4.69) is 4.98 Å². The third kappa shape index (κ3) is 3.42. The van der Waals surface area contributed by atoms with Crippen LogP contribution in [0.15, 0.2) is 81.6 Å². The minimum absolute atomic E-state index is 0.351. The predicted octanol–water partition coefficient (Wildman–Crippen LogP) is 1.97. The first-order chi connectivity index (χ1) is 14.1. The molecule has 0 atom stereocenters. The molecule has 0 spiro atoms. The molecule has 0 bridgehead atoms. The number of aliphatic imine (C=N–C) groups is 1. The molecule has 0 unspecified atom stereocenters. The second-order valence-electron chi connectivity index (χ2n) is 6.78. The van der Waals surface area contributed by atoms with Crippen LogP contribution in [0.5, 0.6) is 0 Å². The second-order valence-corrected chi connectivity index (χ2v) is 6.78. The molecule has 0 fully saturated rings. The van der Waals surface area contributed by atoms with E-state index in [1.165, 1.54) is 11.6 Å². The van der Waals surface area contributed by atoms with Gasteiger partial charge in [0.15, 0.2) is 11.2 Å². The summed E-state index contributed by atoms with van der Waals surface area (Å²) in [6, 6.07) is 20.0. The van der Waals surface area contributed by atoms with E-state index in [0.717, 1.165) is 21.4 Å². The largest absolute Gasteiger partial charge is 0.332 e. The van der Waals surface area contributed by atoms with Gasteiger partial charge in [-0.15, -0.1) is 0 Å². The van der Waals surface area contributed by atoms with Gasteiger partial charge in [0.05, 0.1) is 18.6 Å². The van der Waals surface area contributed by atoms with Crippen molar-refractivity contribution in [3.63, 3.8) is 0 Å². The second kappa shape index (κ2) is 7.71. The fourth-order valence-electron chi connectivity index (χ4n) is 3.38. The lowest BCUT2D eigenvalue weighted by Crippen LogP contribution is -2.37. The Bertz CT molecular complexity index is 1260. The third-order valence-corrected chi connectivity index (χ3v) is 4.92. The lowest BCUT2D eigenvalue weighted by atomic mass is 10.0. The smallest absolute Gasteiger partial charge is 0.323 e. The van der Waals surface area contributed by atoms with Crippen LogP contribution in [-0.4, -0.2) is 30.9 Å². The summed E-state index contributed by atoms with van der Waals surface area (Å²) < 4.78 is 4.24. The van der Waals surface area contributed by atoms with Crippen LogP contribution in [0, 0.1) is 0 Å². The molecule has 29 heavy (non-hydrogen) atoms. The van der Waals surface area contributed by atoms with Crippen LogP contribution < -0.4 is 11.2 Å². The standard InChI is InChI=1S/C22H21N5O2/c1-25-20-19(21(28)26(2)22(25)29)27(15-24-20)14-13-23-18(16-9-5-3-6-10-16)17-11-7-4-8-12-17/h3-12,15H,13-14H2,1-2H3. The van der Waals surface area contributed by atoms with E-state index < -0.39 is 0 Å². The first kappa shape index (κ1) is 18.6. The number of aromatic nitrogens is 4. The lowest BCUT2D eigenvalue weighted by molar-refractivity contribution is 0.690. The molecule has 4 rings (SSSR count). The fourth-order valence-corrected chi connectivity index (χ4v) is 3.38. The molecular weight excluding hydrogens is 366 g/mol. The van der Waals surface area contributed by atoms with Crippen LogP contribution in [0.3, 0.4) is 0 Å². The monoisotopic (exact) mass is 387 g/mol. The first-order valence-corrected chi connectivity index (χ1v) is 9.34. The van der Waals surface area contributed by atoms with Crippen LogP contribution in [0.25, 0.3) is 11.2 Å². The van der Waals surface area contributed by atoms with Crippen LogP contribution in [0.4, 0.5) is 0 Å². The molecule has 2 aromatic carbocycles. The topological polar surface area (TPSA) is 74.2 Å². The average Bonchev–Trinajstić information content (AvgIpc) is 3.19. The molecule has 7 nitrogen and oxygen atoms in total. The van der Waals surface area contributed by atoms with Crippen molar-refractivity contribution in [2.45, 2.75) is 6.54 Å². The molecule has 0 aliphatic carbocycles. The SMILES string of the molecule is Cn1c(=O)c2c(ncn2CCN=C(c2ccccc2)c2ccccc2)n(C)c1=O. The molecule has 0 aliphatic rings. The molecule has 4 aromatic rings. The molecule has 0 amide bonds. The molecule has 0 N–H and O–H groups in total. The summed E-state index contributed by atoms with van der Waals surface area (Å²) in [6.07, 6.45) is 1.59. The minimum atomic E-state index is -0.388. The maximum Gasteiger partial charge on any atom is 0.332 e. The predicted molar refractivity (Wildman–Crippen MR) is 114 cm³/mol. The number of hydrogen-bond donors (Lipinski definition) is 0. The first-order valence-electron chi connectivity index (χ1n) is 9.34. The van der Waals surface area contributed by atoms with E-state index in [9.17, 15) is 9.59 Å². The van der Waals surface area contributed by atoms with E-state index in [0.29, 0.717) is 24.3 Å². The van der Waals surface area contributed by atoms with Crippen molar-refractivity contribution < 1.29 is 0 Å². The Morgan fingerprint density at radius 3 is 2.07 bits per heavy atom. The maximum absolute atomic E-state index is 12.6. The number of benzene rings is 2. The van der Waals surface area contributed by atoms with Gasteiger partial charge in [0, 0.05) is 31.8 Å². The quantitative estimate of drug-likeness (QED) is 0.492. The van der Waals surface area contributed by atoms with Crippen LogP contribution in [0.1, 0.15) is 11.1 Å². The highest BCUT2D eigenvalue weighted by Crippen LogP contribution is 2.12. The molecule has 2 heterocycles. The van der Waals surface area contributed by atoms with E-state index in [-0.39, 0.29) is 11.2 Å². The van der Waals surface area contributed by atoms with Crippen molar-refractivity contribution in [2.24, 2.45) is 19.1 Å². The number of fused-ring (bicyclic) bond motifs is 1. The van der Waals surface area contributed by atoms with E-state index in [1.807, 2.05) is 60.7 Å². The van der Waals surface area contributed by atoms with Gasteiger partial charge in [-0.3, -0.25) is 18.9 Å². The van der Waals surface area contributed by atoms with Crippen molar-refractivity contribution >= 4 is 16.9 Å². The highest BCUT2D eigenvalue weighted by Gasteiger charge is 2.14. The highest BCUT2D eigenvalue weighted by atomic mass is 16.2. The van der Waals surface area contributed by atoms with E-state index in [1.54, 1.807) is 17.9 Å². The average molecular weight is 387 g/mol. The molecule has 2 aromatic heterocycles. The van der Waals surface area contributed by atoms with Gasteiger partial charge in [0.25, 0.3) is 5.56 Å². The Morgan fingerprint density at radius 2 is 1.48 bits per heavy atom. The Labute approximate surface area is 167 Å². The van der Waals surface area contributed by atoms with Crippen LogP contribution in [0.2, 0.25) is 0 Å². The van der Waals surface area contributed by atoms with Crippen molar-refractivity contribution in [3.05, 3.63) is 99.0 Å². The maximum atomic E-state index is 12.6. The number of rotatable bonds is 5. The van der Waals surface area contributed by atoms with Crippen molar-refractivity contribution in [1.29, 1.82) is 0 Å². The molecule has 7 heteroatoms. The van der Waals surface area contributed by atoms with Crippen LogP contribution >= 0.6 is 0 Å². The summed E-state index contributed by atoms with van der Waals surface area (Å²) in [5.41, 5.74) is 3.02. The van der Waals surface area contributed by atoms with Crippen molar-refractivity contribution in [1.82, 2.24) is 18.7 Å². The van der Waals surface area contributed by atoms with Gasteiger partial charge in [-0.05, 0) is 0 Å². The van der Waals surface area contributed by atoms with Gasteiger partial charge in [-0.1, -0.05) is 60.7 Å². The van der Waals surface area contributed by atoms with Gasteiger partial charge in [-0.2, -0.15) is 0 Å². The summed E-state index contributed by atoms with van der Waals surface area (Å²) >= 11 is 0. The number of nitrogens with zero attached hydrogens (tertiary/aromatic N) is 5. The third-order valence-electron chi connectivity index (χ3n) is 4.92. The molecule has 146 valence electrons. The molecule has 0 aliphatic heterocycles. The molecule has 0 radical (unpaired) electrons. The van der Waals surface area contributed by atoms with Gasteiger partial charge in [-0.25, -0.2) is 9.78 Å². The Morgan fingerprint density at radius 1 is 0.897 bits per heavy atom. The molecular formula is C22H21N5O2. The number of imidazole rings is 1. The molecule has 0 saturated heterocycles. The number of hydrogen-bond acceptors (Lipinski definition) is 4. The van der Waals surface area contributed by atoms with Gasteiger partial charge >= 0.3 is 5.69 Å². The molecule has 0 saturated carbocycles. The van der Waals surface area contributed by atoms with E-state index in [4.69, 9.17) is 4.99 Å². The fraction of sp³-hybridized carbons (Fsp3) is 0.182. The normalized spacial score (nSPS) is 11.0. The summed E-state index contributed by atoms with van der Waals surface area (Å²) in [7, 11) is 3.09. The van der Waals surface area contributed by atoms with Crippen LogP contribution in [-0.2, 0) is 20.6 Å². The van der Waals surface area contributed by atoms with Crippen molar-refractivity contribution in [2.75, 3.05) is 6.54 Å². The van der Waals surface area contributed by atoms with E-state index >= 15 is 0 Å². The summed E-state index contributed by atoms with van der Waals surface area (Å²) in [5, 5.41) is 0. The Hall–Kier alpha value is -3.74. The summed E-state index contributed by atoms with van der Waals surface area (Å²) in [5.74, 6) is 0. The van der Waals surface area contributed by atoms with Crippen molar-refractivity contribution in [3.8, 4) is 0 Å². The van der Waals surface area contributed by atoms with Gasteiger partial charge < -0.3 is 4.57 Å².